The number of alkyl halides is 3. The molecule has 0 unspecified atom stereocenters. The summed E-state index contributed by atoms with van der Waals surface area (Å²) >= 11 is 0. The van der Waals surface area contributed by atoms with Crippen molar-refractivity contribution < 1.29 is 13.2 Å². The van der Waals surface area contributed by atoms with Crippen LogP contribution in [0.15, 0.2) is 71.8 Å². The van der Waals surface area contributed by atoms with Crippen molar-refractivity contribution in [3.63, 3.8) is 0 Å². The van der Waals surface area contributed by atoms with Crippen LogP contribution in [-0.4, -0.2) is 31.3 Å². The topological polar surface area (TPSA) is 88.5 Å². The number of H-pyrrole nitrogens is 1. The quantitative estimate of drug-likeness (QED) is 0.416. The first-order valence-corrected chi connectivity index (χ1v) is 10.1. The summed E-state index contributed by atoms with van der Waals surface area (Å²) in [7, 11) is 0. The summed E-state index contributed by atoms with van der Waals surface area (Å²) in [6.45, 7) is 0.179. The molecule has 0 atom stereocenters. The number of pyridine rings is 1. The van der Waals surface area contributed by atoms with Crippen LogP contribution in [0.3, 0.4) is 0 Å². The fourth-order valence-electron chi connectivity index (χ4n) is 3.81. The molecule has 166 valence electrons. The highest BCUT2D eigenvalue weighted by Gasteiger charge is 2.32. The lowest BCUT2D eigenvalue weighted by Crippen LogP contribution is -2.20. The minimum absolute atomic E-state index is 0.126. The molecule has 5 rings (SSSR count). The Balaban J connectivity index is 1.52. The standard InChI is InChI=1S/C23H17F3N6O/c24-23(25,26)18-9-5-4-6-14(18)10-11-27-22-28-12-16-19-17(13-29-31-19)21(33)32(20(16)30-22)15-7-2-1-3-8-15/h1-9,12-13H,10-11H2,(H,29,31)(H,27,28,30). The molecular weight excluding hydrogens is 433 g/mol. The third kappa shape index (κ3) is 3.79. The fourth-order valence-corrected chi connectivity index (χ4v) is 3.81. The predicted molar refractivity (Wildman–Crippen MR) is 118 cm³/mol. The average Bonchev–Trinajstić information content (AvgIpc) is 3.30. The molecule has 2 N–H and O–H groups in total. The zero-order valence-corrected chi connectivity index (χ0v) is 17.1. The van der Waals surface area contributed by atoms with Crippen LogP contribution < -0.4 is 10.9 Å². The molecule has 3 heterocycles. The molecule has 0 aliphatic carbocycles. The molecule has 33 heavy (non-hydrogen) atoms. The molecule has 5 aromatic rings. The molecule has 10 heteroatoms. The maximum atomic E-state index is 13.2. The number of nitrogens with zero attached hydrogens (tertiary/aromatic N) is 4. The smallest absolute Gasteiger partial charge is 0.354 e. The highest BCUT2D eigenvalue weighted by molar-refractivity contribution is 6.02. The van der Waals surface area contributed by atoms with E-state index in [0.29, 0.717) is 27.6 Å². The summed E-state index contributed by atoms with van der Waals surface area (Å²) < 4.78 is 41.2. The number of rotatable bonds is 5. The average molecular weight is 450 g/mol. The molecule has 0 bridgehead atoms. The number of nitrogens with one attached hydrogen (secondary N) is 2. The number of hydrogen-bond acceptors (Lipinski definition) is 5. The summed E-state index contributed by atoms with van der Waals surface area (Å²) in [6.07, 6.45) is -1.21. The number of anilines is 1. The van der Waals surface area contributed by atoms with E-state index in [1.54, 1.807) is 24.4 Å². The number of halogens is 3. The van der Waals surface area contributed by atoms with Gasteiger partial charge in [-0.05, 0) is 30.2 Å². The van der Waals surface area contributed by atoms with E-state index in [9.17, 15) is 18.0 Å². The normalized spacial score (nSPS) is 11.8. The maximum absolute atomic E-state index is 13.2. The fraction of sp³-hybridized carbons (Fsp3) is 0.130. The molecule has 0 saturated heterocycles. The van der Waals surface area contributed by atoms with Crippen molar-refractivity contribution >= 4 is 27.9 Å². The van der Waals surface area contributed by atoms with Gasteiger partial charge in [0.25, 0.3) is 5.56 Å². The van der Waals surface area contributed by atoms with E-state index in [4.69, 9.17) is 0 Å². The van der Waals surface area contributed by atoms with Crippen molar-refractivity contribution in [2.45, 2.75) is 12.6 Å². The van der Waals surface area contributed by atoms with Crippen molar-refractivity contribution in [1.82, 2.24) is 24.7 Å². The number of benzene rings is 2. The van der Waals surface area contributed by atoms with Crippen LogP contribution in [0.5, 0.6) is 0 Å². The van der Waals surface area contributed by atoms with Crippen molar-refractivity contribution in [3.05, 3.63) is 88.5 Å². The molecule has 0 amide bonds. The van der Waals surface area contributed by atoms with Crippen LogP contribution in [0.4, 0.5) is 19.1 Å². The van der Waals surface area contributed by atoms with Gasteiger partial charge in [-0.25, -0.2) is 4.98 Å². The van der Waals surface area contributed by atoms with E-state index in [-0.39, 0.29) is 30.0 Å². The predicted octanol–water partition coefficient (Wildman–Crippen LogP) is 4.33. The van der Waals surface area contributed by atoms with Crippen molar-refractivity contribution in [3.8, 4) is 5.69 Å². The Bertz CT molecular complexity index is 1510. The van der Waals surface area contributed by atoms with E-state index in [2.05, 4.69) is 25.5 Å². The third-order valence-electron chi connectivity index (χ3n) is 5.32. The minimum atomic E-state index is -4.42. The van der Waals surface area contributed by atoms with E-state index >= 15 is 0 Å². The van der Waals surface area contributed by atoms with Crippen LogP contribution in [0.2, 0.25) is 0 Å². The Morgan fingerprint density at radius 3 is 2.55 bits per heavy atom. The molecule has 3 aromatic heterocycles. The largest absolute Gasteiger partial charge is 0.416 e. The van der Waals surface area contributed by atoms with Gasteiger partial charge < -0.3 is 5.32 Å². The van der Waals surface area contributed by atoms with E-state index < -0.39 is 11.7 Å². The molecule has 0 fully saturated rings. The monoisotopic (exact) mass is 450 g/mol. The SMILES string of the molecule is O=c1c2c[nH]nc2c2cnc(NCCc3ccccc3C(F)(F)F)nc2n1-c1ccccc1. The molecule has 2 aromatic carbocycles. The molecule has 0 radical (unpaired) electrons. The molecule has 0 aliphatic heterocycles. The number of aromatic amines is 1. The van der Waals surface area contributed by atoms with Crippen LogP contribution in [0.25, 0.3) is 27.6 Å². The molecule has 0 spiro atoms. The number of fused-ring (bicyclic) bond motifs is 3. The van der Waals surface area contributed by atoms with Gasteiger partial charge in [0, 0.05) is 18.9 Å². The van der Waals surface area contributed by atoms with Crippen molar-refractivity contribution in [2.24, 2.45) is 0 Å². The Morgan fingerprint density at radius 2 is 1.76 bits per heavy atom. The van der Waals surface area contributed by atoms with Gasteiger partial charge in [-0.2, -0.15) is 23.3 Å². The second-order valence-corrected chi connectivity index (χ2v) is 7.39. The molecule has 0 aliphatic rings. The number of para-hydroxylation sites is 1. The Hall–Kier alpha value is -4.21. The van der Waals surface area contributed by atoms with Gasteiger partial charge in [0.15, 0.2) is 5.65 Å². The van der Waals surface area contributed by atoms with Crippen LogP contribution >= 0.6 is 0 Å². The third-order valence-corrected chi connectivity index (χ3v) is 5.32. The van der Waals surface area contributed by atoms with Gasteiger partial charge in [-0.1, -0.05) is 36.4 Å². The number of hydrogen-bond donors (Lipinski definition) is 2. The van der Waals surface area contributed by atoms with Gasteiger partial charge in [0.2, 0.25) is 5.95 Å². The van der Waals surface area contributed by atoms with E-state index in [0.717, 1.165) is 6.07 Å². The van der Waals surface area contributed by atoms with Gasteiger partial charge >= 0.3 is 6.18 Å². The summed E-state index contributed by atoms with van der Waals surface area (Å²) in [5, 5.41) is 10.8. The zero-order valence-electron chi connectivity index (χ0n) is 17.1. The van der Waals surface area contributed by atoms with Crippen LogP contribution in [-0.2, 0) is 12.6 Å². The lowest BCUT2D eigenvalue weighted by molar-refractivity contribution is -0.138. The summed E-state index contributed by atoms with van der Waals surface area (Å²) in [5.41, 5.74) is 0.648. The first-order valence-electron chi connectivity index (χ1n) is 10.1. The lowest BCUT2D eigenvalue weighted by Gasteiger charge is -2.14. The molecular formula is C23H17F3N6O. The molecule has 0 saturated carbocycles. The van der Waals surface area contributed by atoms with Crippen LogP contribution in [0.1, 0.15) is 11.1 Å². The zero-order chi connectivity index (χ0) is 23.0. The second-order valence-electron chi connectivity index (χ2n) is 7.39. The summed E-state index contributed by atoms with van der Waals surface area (Å²) in [4.78, 5) is 22.0. The van der Waals surface area contributed by atoms with E-state index in [1.807, 2.05) is 18.2 Å². The highest BCUT2D eigenvalue weighted by atomic mass is 19.4. The number of aromatic nitrogens is 5. The molecule has 7 nitrogen and oxygen atoms in total. The van der Waals surface area contributed by atoms with Gasteiger partial charge in [0.1, 0.15) is 5.52 Å². The summed E-state index contributed by atoms with van der Waals surface area (Å²) in [5.74, 6) is 0.200. The van der Waals surface area contributed by atoms with Gasteiger partial charge in [0.05, 0.1) is 22.0 Å². The van der Waals surface area contributed by atoms with Gasteiger partial charge in [-0.3, -0.25) is 14.5 Å². The first kappa shape index (κ1) is 20.7. The highest BCUT2D eigenvalue weighted by Crippen LogP contribution is 2.32. The van der Waals surface area contributed by atoms with Crippen molar-refractivity contribution in [1.29, 1.82) is 0 Å². The minimum Gasteiger partial charge on any atom is -0.354 e. The Kier molecular flexibility index (Phi) is 5.04. The summed E-state index contributed by atoms with van der Waals surface area (Å²) in [6, 6.07) is 14.5. The van der Waals surface area contributed by atoms with Gasteiger partial charge in [-0.15, -0.1) is 0 Å². The Morgan fingerprint density at radius 1 is 1.00 bits per heavy atom. The second kappa shape index (κ2) is 8.05. The van der Waals surface area contributed by atoms with Crippen LogP contribution in [0, 0.1) is 0 Å². The van der Waals surface area contributed by atoms with E-state index in [1.165, 1.54) is 22.9 Å². The first-order chi connectivity index (χ1) is 15.9. The maximum Gasteiger partial charge on any atom is 0.416 e. The van der Waals surface area contributed by atoms with Crippen molar-refractivity contribution in [2.75, 3.05) is 11.9 Å². The lowest BCUT2D eigenvalue weighted by atomic mass is 10.0. The Labute approximate surface area is 184 Å².